The number of carbonyl (C=O) groups excluding carboxylic acids is 2. The molecule has 0 spiro atoms. The van der Waals surface area contributed by atoms with E-state index in [1.807, 2.05) is 18.2 Å². The summed E-state index contributed by atoms with van der Waals surface area (Å²) in [5, 5.41) is 12.1. The Morgan fingerprint density at radius 3 is 2.07 bits per heavy atom. The molecule has 0 atom stereocenters. The fourth-order valence-electron chi connectivity index (χ4n) is 4.10. The standard InChI is InChI=1S/C23H20O5/c1-23(2)17-10-13(22(26)28-4)6-8-15(17)20-14-7-5-12(21(25)27-3)9-16(14)19(24)11-18(20)23/h5-11,24H,1-4H3. The first kappa shape index (κ1) is 18.0. The number of hydrogen-bond donors (Lipinski definition) is 1. The van der Waals surface area contributed by atoms with E-state index in [9.17, 15) is 14.7 Å². The fourth-order valence-corrected chi connectivity index (χ4v) is 4.10. The van der Waals surface area contributed by atoms with Crippen molar-refractivity contribution in [3.8, 4) is 16.9 Å². The highest BCUT2D eigenvalue weighted by atomic mass is 16.5. The van der Waals surface area contributed by atoms with Crippen LogP contribution in [0.2, 0.25) is 0 Å². The minimum atomic E-state index is -0.453. The van der Waals surface area contributed by atoms with Crippen LogP contribution < -0.4 is 0 Å². The van der Waals surface area contributed by atoms with Crippen LogP contribution in [0.25, 0.3) is 21.9 Å². The summed E-state index contributed by atoms with van der Waals surface area (Å²) in [6, 6.07) is 12.4. The van der Waals surface area contributed by atoms with Gasteiger partial charge in [-0.05, 0) is 58.0 Å². The van der Waals surface area contributed by atoms with Crippen molar-refractivity contribution in [3.05, 3.63) is 64.7 Å². The zero-order valence-electron chi connectivity index (χ0n) is 16.1. The number of methoxy groups -OCH3 is 2. The summed E-state index contributed by atoms with van der Waals surface area (Å²) in [4.78, 5) is 23.9. The molecular formula is C23H20O5. The minimum Gasteiger partial charge on any atom is -0.507 e. The highest BCUT2D eigenvalue weighted by Gasteiger charge is 2.38. The van der Waals surface area contributed by atoms with E-state index in [0.29, 0.717) is 16.5 Å². The Balaban J connectivity index is 2.02. The van der Waals surface area contributed by atoms with Crippen LogP contribution in [0.15, 0.2) is 42.5 Å². The van der Waals surface area contributed by atoms with Crippen molar-refractivity contribution in [2.24, 2.45) is 0 Å². The Kier molecular flexibility index (Phi) is 3.93. The first-order valence-corrected chi connectivity index (χ1v) is 8.91. The molecule has 1 aliphatic carbocycles. The Morgan fingerprint density at radius 2 is 1.43 bits per heavy atom. The number of fused-ring (bicyclic) bond motifs is 5. The lowest BCUT2D eigenvalue weighted by Crippen LogP contribution is -2.16. The van der Waals surface area contributed by atoms with Crippen molar-refractivity contribution in [1.29, 1.82) is 0 Å². The normalized spacial score (nSPS) is 13.7. The molecule has 0 heterocycles. The summed E-state index contributed by atoms with van der Waals surface area (Å²) in [5.74, 6) is -0.733. The van der Waals surface area contributed by atoms with Crippen molar-refractivity contribution in [2.45, 2.75) is 19.3 Å². The van der Waals surface area contributed by atoms with Gasteiger partial charge in [-0.2, -0.15) is 0 Å². The van der Waals surface area contributed by atoms with Gasteiger partial charge in [0.25, 0.3) is 0 Å². The quantitative estimate of drug-likeness (QED) is 0.670. The molecule has 4 rings (SSSR count). The van der Waals surface area contributed by atoms with Gasteiger partial charge in [0, 0.05) is 10.8 Å². The number of rotatable bonds is 2. The van der Waals surface area contributed by atoms with E-state index >= 15 is 0 Å². The monoisotopic (exact) mass is 376 g/mol. The van der Waals surface area contributed by atoms with Gasteiger partial charge in [0.05, 0.1) is 25.3 Å². The summed E-state index contributed by atoms with van der Waals surface area (Å²) in [5.41, 5.74) is 4.44. The topological polar surface area (TPSA) is 72.8 Å². The maximum Gasteiger partial charge on any atom is 0.337 e. The van der Waals surface area contributed by atoms with Gasteiger partial charge in [0.15, 0.2) is 0 Å². The van der Waals surface area contributed by atoms with E-state index < -0.39 is 11.4 Å². The molecule has 0 amide bonds. The number of phenols is 1. The van der Waals surface area contributed by atoms with Gasteiger partial charge < -0.3 is 14.6 Å². The van der Waals surface area contributed by atoms with Crippen LogP contribution in [0.4, 0.5) is 0 Å². The van der Waals surface area contributed by atoms with Gasteiger partial charge in [-0.25, -0.2) is 9.59 Å². The van der Waals surface area contributed by atoms with Gasteiger partial charge in [-0.3, -0.25) is 0 Å². The molecule has 1 N–H and O–H groups in total. The average molecular weight is 376 g/mol. The third-order valence-corrected chi connectivity index (χ3v) is 5.59. The lowest BCUT2D eigenvalue weighted by atomic mass is 9.81. The highest BCUT2D eigenvalue weighted by molar-refractivity contribution is 6.07. The molecule has 142 valence electrons. The zero-order valence-corrected chi connectivity index (χ0v) is 16.1. The highest BCUT2D eigenvalue weighted by Crippen LogP contribution is 2.53. The fraction of sp³-hybridized carbons (Fsp3) is 0.217. The zero-order chi connectivity index (χ0) is 20.2. The molecule has 0 bridgehead atoms. The summed E-state index contributed by atoms with van der Waals surface area (Å²) in [7, 11) is 2.69. The molecule has 0 aromatic heterocycles. The molecule has 0 aliphatic heterocycles. The van der Waals surface area contributed by atoms with Crippen LogP contribution in [-0.4, -0.2) is 31.3 Å². The lowest BCUT2D eigenvalue weighted by Gasteiger charge is -2.22. The Hall–Kier alpha value is -3.34. The number of hydrogen-bond acceptors (Lipinski definition) is 5. The number of esters is 2. The summed E-state index contributed by atoms with van der Waals surface area (Å²) in [6.07, 6.45) is 0. The third-order valence-electron chi connectivity index (χ3n) is 5.59. The van der Waals surface area contributed by atoms with Gasteiger partial charge in [-0.1, -0.05) is 26.0 Å². The minimum absolute atomic E-state index is 0.105. The smallest absolute Gasteiger partial charge is 0.337 e. The van der Waals surface area contributed by atoms with E-state index in [2.05, 4.69) is 13.8 Å². The molecule has 3 aromatic carbocycles. The Bertz CT molecular complexity index is 1160. The average Bonchev–Trinajstić information content (AvgIpc) is 2.93. The summed E-state index contributed by atoms with van der Waals surface area (Å²) >= 11 is 0. The molecule has 5 nitrogen and oxygen atoms in total. The first-order valence-electron chi connectivity index (χ1n) is 8.91. The molecular weight excluding hydrogens is 356 g/mol. The van der Waals surface area contributed by atoms with Gasteiger partial charge in [-0.15, -0.1) is 0 Å². The van der Waals surface area contributed by atoms with E-state index in [0.717, 1.165) is 27.6 Å². The SMILES string of the molecule is COC(=O)c1ccc2c(c1)C(C)(C)c1cc(O)c3cc(C(=O)OC)ccc3c1-2. The molecule has 5 heteroatoms. The molecule has 0 unspecified atom stereocenters. The van der Waals surface area contributed by atoms with Crippen LogP contribution in [0.5, 0.6) is 5.75 Å². The molecule has 28 heavy (non-hydrogen) atoms. The predicted octanol–water partition coefficient (Wildman–Crippen LogP) is 4.42. The van der Waals surface area contributed by atoms with Crippen LogP contribution in [0, 0.1) is 0 Å². The van der Waals surface area contributed by atoms with E-state index in [4.69, 9.17) is 9.47 Å². The number of aromatic hydroxyl groups is 1. The summed E-state index contributed by atoms with van der Waals surface area (Å²) < 4.78 is 9.64. The summed E-state index contributed by atoms with van der Waals surface area (Å²) in [6.45, 7) is 4.12. The van der Waals surface area contributed by atoms with E-state index in [1.54, 1.807) is 24.3 Å². The first-order chi connectivity index (χ1) is 13.3. The van der Waals surface area contributed by atoms with Crippen molar-refractivity contribution in [1.82, 2.24) is 0 Å². The molecule has 0 radical (unpaired) electrons. The second-order valence-corrected chi connectivity index (χ2v) is 7.45. The van der Waals surface area contributed by atoms with Crippen molar-refractivity contribution < 1.29 is 24.2 Å². The van der Waals surface area contributed by atoms with Crippen molar-refractivity contribution >= 4 is 22.7 Å². The second-order valence-electron chi connectivity index (χ2n) is 7.45. The maximum atomic E-state index is 12.0. The largest absolute Gasteiger partial charge is 0.507 e. The van der Waals surface area contributed by atoms with E-state index in [-0.39, 0.29) is 11.7 Å². The maximum absolute atomic E-state index is 12.0. The Labute approximate surface area is 162 Å². The van der Waals surface area contributed by atoms with Crippen LogP contribution in [0.3, 0.4) is 0 Å². The number of benzene rings is 3. The lowest BCUT2D eigenvalue weighted by molar-refractivity contribution is 0.0592. The van der Waals surface area contributed by atoms with Crippen LogP contribution in [-0.2, 0) is 14.9 Å². The van der Waals surface area contributed by atoms with Crippen LogP contribution in [0.1, 0.15) is 45.7 Å². The number of phenolic OH excluding ortho intramolecular Hbond substituents is 1. The number of ether oxygens (including phenoxy) is 2. The number of carbonyl (C=O) groups is 2. The van der Waals surface area contributed by atoms with Crippen molar-refractivity contribution in [3.63, 3.8) is 0 Å². The molecule has 0 fully saturated rings. The molecule has 1 aliphatic rings. The third kappa shape index (κ3) is 2.39. The Morgan fingerprint density at radius 1 is 0.821 bits per heavy atom. The molecule has 3 aromatic rings. The molecule has 0 saturated heterocycles. The second kappa shape index (κ2) is 6.09. The van der Waals surface area contributed by atoms with Crippen LogP contribution >= 0.6 is 0 Å². The van der Waals surface area contributed by atoms with Gasteiger partial charge in [0.1, 0.15) is 5.75 Å². The predicted molar refractivity (Wildman–Crippen MR) is 106 cm³/mol. The van der Waals surface area contributed by atoms with E-state index in [1.165, 1.54) is 14.2 Å². The molecule has 0 saturated carbocycles. The van der Waals surface area contributed by atoms with Gasteiger partial charge >= 0.3 is 11.9 Å². The van der Waals surface area contributed by atoms with Crippen molar-refractivity contribution in [2.75, 3.05) is 14.2 Å². The van der Waals surface area contributed by atoms with Gasteiger partial charge in [0.2, 0.25) is 0 Å².